The molecule has 4 nitrogen and oxygen atoms in total. The molecule has 0 aliphatic carbocycles. The highest BCUT2D eigenvalue weighted by Gasteiger charge is 2.17. The molecule has 0 aliphatic rings. The third-order valence-corrected chi connectivity index (χ3v) is 2.76. The molecule has 0 aliphatic heterocycles. The molecule has 1 rings (SSSR count). The minimum atomic E-state index is -0.618. The van der Waals surface area contributed by atoms with Crippen LogP contribution in [0.5, 0.6) is 0 Å². The van der Waals surface area contributed by atoms with E-state index < -0.39 is 12.0 Å². The summed E-state index contributed by atoms with van der Waals surface area (Å²) in [6.45, 7) is 1.80. The van der Waals surface area contributed by atoms with Gasteiger partial charge in [0.2, 0.25) is 5.91 Å². The van der Waals surface area contributed by atoms with Crippen LogP contribution in [0, 0.1) is 0 Å². The molecule has 1 atom stereocenters. The first-order valence-corrected chi connectivity index (χ1v) is 6.26. The van der Waals surface area contributed by atoms with Crippen LogP contribution in [0.2, 0.25) is 5.02 Å². The van der Waals surface area contributed by atoms with Crippen molar-refractivity contribution in [3.63, 3.8) is 0 Å². The van der Waals surface area contributed by atoms with Gasteiger partial charge in [-0.05, 0) is 30.2 Å². The molecule has 0 saturated heterocycles. The largest absolute Gasteiger partial charge is 0.467 e. The zero-order valence-electron chi connectivity index (χ0n) is 10.9. The summed E-state index contributed by atoms with van der Waals surface area (Å²) in [7, 11) is 1.29. The predicted molar refractivity (Wildman–Crippen MR) is 74.7 cm³/mol. The zero-order valence-corrected chi connectivity index (χ0v) is 11.6. The van der Waals surface area contributed by atoms with Crippen LogP contribution < -0.4 is 5.32 Å². The first kappa shape index (κ1) is 15.2. The number of esters is 1. The van der Waals surface area contributed by atoms with Crippen LogP contribution in [-0.4, -0.2) is 25.0 Å². The maximum atomic E-state index is 11.6. The van der Waals surface area contributed by atoms with Gasteiger partial charge in [-0.1, -0.05) is 30.7 Å². The van der Waals surface area contributed by atoms with Gasteiger partial charge in [0.05, 0.1) is 7.11 Å². The summed E-state index contributed by atoms with van der Waals surface area (Å²) in [4.78, 5) is 23.0. The van der Waals surface area contributed by atoms with E-state index in [4.69, 9.17) is 11.6 Å². The van der Waals surface area contributed by atoms with Crippen molar-refractivity contribution in [1.29, 1.82) is 0 Å². The monoisotopic (exact) mass is 281 g/mol. The van der Waals surface area contributed by atoms with Crippen molar-refractivity contribution in [2.75, 3.05) is 7.11 Å². The lowest BCUT2D eigenvalue weighted by atomic mass is 10.2. The van der Waals surface area contributed by atoms with Gasteiger partial charge >= 0.3 is 5.97 Å². The topological polar surface area (TPSA) is 55.4 Å². The zero-order chi connectivity index (χ0) is 14.3. The molecule has 5 heteroatoms. The van der Waals surface area contributed by atoms with E-state index >= 15 is 0 Å². The maximum absolute atomic E-state index is 11.6. The number of rotatable bonds is 5. The number of hydrogen-bond donors (Lipinski definition) is 1. The van der Waals surface area contributed by atoms with Crippen LogP contribution in [-0.2, 0) is 14.3 Å². The van der Waals surface area contributed by atoms with Crippen molar-refractivity contribution in [2.45, 2.75) is 19.4 Å². The van der Waals surface area contributed by atoms with Crippen molar-refractivity contribution in [2.24, 2.45) is 0 Å². The average Bonchev–Trinajstić information content (AvgIpc) is 2.43. The molecule has 0 aromatic heterocycles. The molecule has 0 heterocycles. The molecule has 1 aromatic rings. The fraction of sp³-hybridized carbons (Fsp3) is 0.286. The normalized spacial score (nSPS) is 12.2. The van der Waals surface area contributed by atoms with Crippen molar-refractivity contribution in [3.8, 4) is 0 Å². The Morgan fingerprint density at radius 1 is 1.37 bits per heavy atom. The molecule has 1 amide bonds. The van der Waals surface area contributed by atoms with Gasteiger partial charge in [0, 0.05) is 11.1 Å². The quantitative estimate of drug-likeness (QED) is 0.666. The van der Waals surface area contributed by atoms with Gasteiger partial charge in [0.15, 0.2) is 0 Å². The highest BCUT2D eigenvalue weighted by molar-refractivity contribution is 6.30. The molecule has 1 aromatic carbocycles. The molecular weight excluding hydrogens is 266 g/mol. The van der Waals surface area contributed by atoms with E-state index in [9.17, 15) is 9.59 Å². The van der Waals surface area contributed by atoms with Crippen LogP contribution in [0.4, 0.5) is 0 Å². The smallest absolute Gasteiger partial charge is 0.328 e. The SMILES string of the molecule is CCC(NC(=O)/C=C/c1ccc(Cl)cc1)C(=O)OC. The highest BCUT2D eigenvalue weighted by Crippen LogP contribution is 2.10. The second-order valence-corrected chi connectivity index (χ2v) is 4.31. The summed E-state index contributed by atoms with van der Waals surface area (Å²) in [6.07, 6.45) is 3.50. The van der Waals surface area contributed by atoms with E-state index in [1.807, 2.05) is 0 Å². The van der Waals surface area contributed by atoms with Gasteiger partial charge in [-0.2, -0.15) is 0 Å². The molecule has 102 valence electrons. The number of hydrogen-bond acceptors (Lipinski definition) is 3. The van der Waals surface area contributed by atoms with E-state index in [0.29, 0.717) is 11.4 Å². The lowest BCUT2D eigenvalue weighted by Gasteiger charge is -2.12. The fourth-order valence-corrected chi connectivity index (χ4v) is 1.56. The summed E-state index contributed by atoms with van der Waals surface area (Å²) in [6, 6.07) is 6.45. The molecule has 0 saturated carbocycles. The Hall–Kier alpha value is -1.81. The fourth-order valence-electron chi connectivity index (χ4n) is 1.44. The summed E-state index contributed by atoms with van der Waals surface area (Å²) >= 11 is 5.76. The summed E-state index contributed by atoms with van der Waals surface area (Å²) < 4.78 is 4.59. The molecule has 1 N–H and O–H groups in total. The predicted octanol–water partition coefficient (Wildman–Crippen LogP) is 2.42. The van der Waals surface area contributed by atoms with Crippen LogP contribution in [0.15, 0.2) is 30.3 Å². The Morgan fingerprint density at radius 3 is 2.53 bits per heavy atom. The van der Waals surface area contributed by atoms with E-state index in [1.54, 1.807) is 37.3 Å². The third kappa shape index (κ3) is 5.14. The van der Waals surface area contributed by atoms with Gasteiger partial charge in [-0.25, -0.2) is 4.79 Å². The number of carbonyl (C=O) groups excluding carboxylic acids is 2. The Balaban J connectivity index is 2.59. The third-order valence-electron chi connectivity index (χ3n) is 2.51. The van der Waals surface area contributed by atoms with E-state index in [0.717, 1.165) is 5.56 Å². The van der Waals surface area contributed by atoms with E-state index in [2.05, 4.69) is 10.1 Å². The maximum Gasteiger partial charge on any atom is 0.328 e. The molecule has 0 bridgehead atoms. The lowest BCUT2D eigenvalue weighted by molar-refractivity contribution is -0.144. The second kappa shape index (κ2) is 7.59. The number of carbonyl (C=O) groups is 2. The standard InChI is InChI=1S/C14H16ClNO3/c1-3-12(14(18)19-2)16-13(17)9-6-10-4-7-11(15)8-5-10/h4-9,12H,3H2,1-2H3,(H,16,17)/b9-6+. The van der Waals surface area contributed by atoms with Gasteiger partial charge < -0.3 is 10.1 Å². The van der Waals surface area contributed by atoms with Gasteiger partial charge in [-0.3, -0.25) is 4.79 Å². The van der Waals surface area contributed by atoms with Crippen molar-refractivity contribution in [3.05, 3.63) is 40.9 Å². The van der Waals surface area contributed by atoms with Crippen LogP contribution >= 0.6 is 11.6 Å². The molecule has 0 fully saturated rings. The molecular formula is C14H16ClNO3. The minimum Gasteiger partial charge on any atom is -0.467 e. The van der Waals surface area contributed by atoms with Crippen molar-refractivity contribution < 1.29 is 14.3 Å². The molecule has 0 spiro atoms. The van der Waals surface area contributed by atoms with Crippen LogP contribution in [0.3, 0.4) is 0 Å². The Bertz CT molecular complexity index is 468. The number of nitrogens with one attached hydrogen (secondary N) is 1. The molecule has 19 heavy (non-hydrogen) atoms. The molecule has 1 unspecified atom stereocenters. The number of ether oxygens (including phenoxy) is 1. The second-order valence-electron chi connectivity index (χ2n) is 3.88. The number of halogens is 1. The number of benzene rings is 1. The number of methoxy groups -OCH3 is 1. The minimum absolute atomic E-state index is 0.341. The Morgan fingerprint density at radius 2 is 2.00 bits per heavy atom. The first-order valence-electron chi connectivity index (χ1n) is 5.88. The van der Waals surface area contributed by atoms with Gasteiger partial charge in [0.1, 0.15) is 6.04 Å². The Kier molecular flexibility index (Phi) is 6.09. The summed E-state index contributed by atoms with van der Waals surface area (Å²) in [5.41, 5.74) is 0.852. The first-order chi connectivity index (χ1) is 9.06. The van der Waals surface area contributed by atoms with E-state index in [-0.39, 0.29) is 5.91 Å². The van der Waals surface area contributed by atoms with E-state index in [1.165, 1.54) is 13.2 Å². The molecule has 0 radical (unpaired) electrons. The van der Waals surface area contributed by atoms with Gasteiger partial charge in [-0.15, -0.1) is 0 Å². The lowest BCUT2D eigenvalue weighted by Crippen LogP contribution is -2.40. The summed E-state index contributed by atoms with van der Waals surface area (Å²) in [5.74, 6) is -0.789. The van der Waals surface area contributed by atoms with Crippen LogP contribution in [0.1, 0.15) is 18.9 Å². The van der Waals surface area contributed by atoms with Crippen molar-refractivity contribution >= 4 is 29.6 Å². The number of amides is 1. The van der Waals surface area contributed by atoms with Crippen LogP contribution in [0.25, 0.3) is 6.08 Å². The summed E-state index contributed by atoms with van der Waals surface area (Å²) in [5, 5.41) is 3.21. The average molecular weight is 282 g/mol. The van der Waals surface area contributed by atoms with Gasteiger partial charge in [0.25, 0.3) is 0 Å². The highest BCUT2D eigenvalue weighted by atomic mass is 35.5. The van der Waals surface area contributed by atoms with Crippen molar-refractivity contribution in [1.82, 2.24) is 5.32 Å². The Labute approximate surface area is 117 Å².